The van der Waals surface area contributed by atoms with Gasteiger partial charge in [-0.05, 0) is 35.4 Å². The van der Waals surface area contributed by atoms with Crippen molar-refractivity contribution in [1.82, 2.24) is 9.80 Å². The van der Waals surface area contributed by atoms with Gasteiger partial charge in [-0.2, -0.15) is 10.5 Å². The summed E-state index contributed by atoms with van der Waals surface area (Å²) < 4.78 is 21.6. The molecule has 0 radical (unpaired) electrons. The molecule has 0 unspecified atom stereocenters. The number of nitrogens with zero attached hydrogens (tertiary/aromatic N) is 4. The molecule has 0 bridgehead atoms. The van der Waals surface area contributed by atoms with Crippen LogP contribution < -0.4 is 18.9 Å². The zero-order chi connectivity index (χ0) is 20.5. The molecule has 0 amide bonds. The van der Waals surface area contributed by atoms with Crippen LogP contribution in [0.25, 0.3) is 0 Å². The van der Waals surface area contributed by atoms with Crippen molar-refractivity contribution >= 4 is 0 Å². The summed E-state index contributed by atoms with van der Waals surface area (Å²) >= 11 is 0. The highest BCUT2D eigenvalue weighted by atomic mass is 16.7. The molecule has 3 heterocycles. The number of nitriles is 2. The highest BCUT2D eigenvalue weighted by Crippen LogP contribution is 2.37. The number of ether oxygens (including phenoxy) is 4. The third-order valence-corrected chi connectivity index (χ3v) is 5.75. The second-order valence-electron chi connectivity index (χ2n) is 7.36. The van der Waals surface area contributed by atoms with Crippen LogP contribution in [-0.2, 0) is 0 Å². The standard InChI is InChI=1S/C22H20N4O4/c23-11-17(15-1-3-19-21(9-15)29-13-27-19)25-5-7-26(8-6-25)18(12-24)16-2-4-20-22(10-16)30-14-28-20/h1-4,9-10,17-18H,5-8,13-14H2/t17-,18+. The maximum Gasteiger partial charge on any atom is 0.231 e. The van der Waals surface area contributed by atoms with E-state index in [9.17, 15) is 10.5 Å². The Kier molecular flexibility index (Phi) is 4.80. The molecule has 5 rings (SSSR count). The molecule has 30 heavy (non-hydrogen) atoms. The van der Waals surface area contributed by atoms with E-state index in [1.165, 1.54) is 0 Å². The molecule has 1 fully saturated rings. The highest BCUT2D eigenvalue weighted by Gasteiger charge is 2.30. The van der Waals surface area contributed by atoms with Gasteiger partial charge in [0.05, 0.1) is 12.1 Å². The first-order valence-electron chi connectivity index (χ1n) is 9.83. The Morgan fingerprint density at radius 1 is 0.633 bits per heavy atom. The van der Waals surface area contributed by atoms with Crippen LogP contribution in [0.15, 0.2) is 36.4 Å². The van der Waals surface area contributed by atoms with Crippen molar-refractivity contribution in [2.45, 2.75) is 12.1 Å². The van der Waals surface area contributed by atoms with Gasteiger partial charge in [0.15, 0.2) is 23.0 Å². The summed E-state index contributed by atoms with van der Waals surface area (Å²) in [6, 6.07) is 15.4. The molecule has 1 saturated heterocycles. The van der Waals surface area contributed by atoms with Gasteiger partial charge in [0.25, 0.3) is 0 Å². The predicted molar refractivity (Wildman–Crippen MR) is 105 cm³/mol. The van der Waals surface area contributed by atoms with Crippen molar-refractivity contribution in [2.24, 2.45) is 0 Å². The van der Waals surface area contributed by atoms with Gasteiger partial charge in [0, 0.05) is 26.2 Å². The zero-order valence-electron chi connectivity index (χ0n) is 16.3. The lowest BCUT2D eigenvalue weighted by molar-refractivity contribution is 0.0978. The number of hydrogen-bond acceptors (Lipinski definition) is 8. The van der Waals surface area contributed by atoms with Gasteiger partial charge < -0.3 is 18.9 Å². The Hall–Kier alpha value is -3.46. The summed E-state index contributed by atoms with van der Waals surface area (Å²) in [6.45, 7) is 3.18. The molecule has 0 aliphatic carbocycles. The molecule has 3 aliphatic heterocycles. The quantitative estimate of drug-likeness (QED) is 0.768. The van der Waals surface area contributed by atoms with E-state index in [2.05, 4.69) is 21.9 Å². The lowest BCUT2D eigenvalue weighted by Crippen LogP contribution is -2.48. The van der Waals surface area contributed by atoms with Gasteiger partial charge in [-0.15, -0.1) is 0 Å². The van der Waals surface area contributed by atoms with Crippen LogP contribution in [-0.4, -0.2) is 49.6 Å². The number of piperazine rings is 1. The first kappa shape index (κ1) is 18.6. The van der Waals surface area contributed by atoms with E-state index in [0.29, 0.717) is 49.2 Å². The van der Waals surface area contributed by atoms with Crippen LogP contribution in [0.3, 0.4) is 0 Å². The highest BCUT2D eigenvalue weighted by molar-refractivity contribution is 5.47. The third-order valence-electron chi connectivity index (χ3n) is 5.75. The number of benzene rings is 2. The third kappa shape index (κ3) is 3.26. The molecule has 0 saturated carbocycles. The Morgan fingerprint density at radius 2 is 1.03 bits per heavy atom. The fourth-order valence-corrected chi connectivity index (χ4v) is 4.15. The van der Waals surface area contributed by atoms with Crippen molar-refractivity contribution < 1.29 is 18.9 Å². The Bertz CT molecular complexity index is 953. The van der Waals surface area contributed by atoms with Crippen molar-refractivity contribution in [3.05, 3.63) is 47.5 Å². The van der Waals surface area contributed by atoms with Crippen LogP contribution in [0.2, 0.25) is 0 Å². The monoisotopic (exact) mass is 404 g/mol. The molecule has 2 atom stereocenters. The number of rotatable bonds is 4. The SMILES string of the molecule is N#C[C@H](c1ccc2c(c1)OCO2)N1CCN([C@@H](C#N)c2ccc3c(c2)OCO3)CC1. The average Bonchev–Trinajstić information content (AvgIpc) is 3.44. The molecule has 0 N–H and O–H groups in total. The van der Waals surface area contributed by atoms with Gasteiger partial charge >= 0.3 is 0 Å². The van der Waals surface area contributed by atoms with Crippen molar-refractivity contribution in [3.63, 3.8) is 0 Å². The number of fused-ring (bicyclic) bond motifs is 2. The van der Waals surface area contributed by atoms with E-state index in [0.717, 1.165) is 11.1 Å². The normalized spacial score (nSPS) is 19.7. The first-order valence-corrected chi connectivity index (χ1v) is 9.83. The molecule has 2 aromatic carbocycles. The van der Waals surface area contributed by atoms with E-state index >= 15 is 0 Å². The summed E-state index contributed by atoms with van der Waals surface area (Å²) in [5.41, 5.74) is 1.78. The summed E-state index contributed by atoms with van der Waals surface area (Å²) in [5.74, 6) is 2.78. The van der Waals surface area contributed by atoms with Gasteiger partial charge in [0.1, 0.15) is 12.1 Å². The molecular weight excluding hydrogens is 384 g/mol. The molecule has 3 aliphatic rings. The van der Waals surface area contributed by atoms with E-state index < -0.39 is 0 Å². The van der Waals surface area contributed by atoms with Crippen LogP contribution >= 0.6 is 0 Å². The van der Waals surface area contributed by atoms with E-state index in [1.54, 1.807) is 0 Å². The van der Waals surface area contributed by atoms with E-state index in [4.69, 9.17) is 18.9 Å². The lowest BCUT2D eigenvalue weighted by Gasteiger charge is -2.38. The fourth-order valence-electron chi connectivity index (χ4n) is 4.15. The minimum atomic E-state index is -0.368. The molecule has 8 heteroatoms. The minimum absolute atomic E-state index is 0.212. The fraction of sp³-hybridized carbons (Fsp3) is 0.364. The van der Waals surface area contributed by atoms with Crippen LogP contribution in [0.4, 0.5) is 0 Å². The molecular formula is C22H20N4O4. The number of hydrogen-bond donors (Lipinski definition) is 0. The van der Waals surface area contributed by atoms with Crippen molar-refractivity contribution in [1.29, 1.82) is 10.5 Å². The summed E-state index contributed by atoms with van der Waals surface area (Å²) in [4.78, 5) is 4.28. The van der Waals surface area contributed by atoms with Gasteiger partial charge in [-0.1, -0.05) is 12.1 Å². The Balaban J connectivity index is 1.28. The lowest BCUT2D eigenvalue weighted by atomic mass is 10.0. The van der Waals surface area contributed by atoms with E-state index in [1.807, 2.05) is 36.4 Å². The largest absolute Gasteiger partial charge is 0.454 e. The molecule has 8 nitrogen and oxygen atoms in total. The Labute approximate surface area is 174 Å². The molecule has 0 spiro atoms. The second kappa shape index (κ2) is 7.75. The smallest absolute Gasteiger partial charge is 0.231 e. The summed E-state index contributed by atoms with van der Waals surface area (Å²) in [6.07, 6.45) is 0. The zero-order valence-corrected chi connectivity index (χ0v) is 16.3. The van der Waals surface area contributed by atoms with E-state index in [-0.39, 0.29) is 25.7 Å². The van der Waals surface area contributed by atoms with Crippen LogP contribution in [0, 0.1) is 22.7 Å². The first-order chi connectivity index (χ1) is 14.8. The van der Waals surface area contributed by atoms with Crippen LogP contribution in [0.5, 0.6) is 23.0 Å². The van der Waals surface area contributed by atoms with Crippen molar-refractivity contribution in [3.8, 4) is 35.1 Å². The summed E-state index contributed by atoms with van der Waals surface area (Å²) in [7, 11) is 0. The molecule has 152 valence electrons. The predicted octanol–water partition coefficient (Wildman–Crippen LogP) is 2.59. The van der Waals surface area contributed by atoms with Gasteiger partial charge in [0.2, 0.25) is 13.6 Å². The Morgan fingerprint density at radius 3 is 1.43 bits per heavy atom. The van der Waals surface area contributed by atoms with Gasteiger partial charge in [-0.25, -0.2) is 0 Å². The van der Waals surface area contributed by atoms with Crippen LogP contribution in [0.1, 0.15) is 23.2 Å². The maximum absolute atomic E-state index is 9.81. The minimum Gasteiger partial charge on any atom is -0.454 e. The topological polar surface area (TPSA) is 91.0 Å². The van der Waals surface area contributed by atoms with Crippen molar-refractivity contribution in [2.75, 3.05) is 39.8 Å². The maximum atomic E-state index is 9.81. The molecule has 0 aromatic heterocycles. The second-order valence-corrected chi connectivity index (χ2v) is 7.36. The average molecular weight is 404 g/mol. The molecule has 2 aromatic rings. The summed E-state index contributed by atoms with van der Waals surface area (Å²) in [5, 5.41) is 19.6. The van der Waals surface area contributed by atoms with Gasteiger partial charge in [-0.3, -0.25) is 9.80 Å².